The lowest BCUT2D eigenvalue weighted by Gasteiger charge is -2.33. The van der Waals surface area contributed by atoms with Crippen molar-refractivity contribution >= 4 is 18.0 Å². The van der Waals surface area contributed by atoms with Gasteiger partial charge in [-0.25, -0.2) is 9.59 Å². The molecule has 0 aromatic heterocycles. The highest BCUT2D eigenvalue weighted by molar-refractivity contribution is 5.86. The maximum atomic E-state index is 12.8. The lowest BCUT2D eigenvalue weighted by Crippen LogP contribution is -2.53. The van der Waals surface area contributed by atoms with Gasteiger partial charge in [0.1, 0.15) is 6.04 Å². The Hall–Kier alpha value is -1.79. The number of carboxylic acid groups (broad SMARTS) is 1. The summed E-state index contributed by atoms with van der Waals surface area (Å²) in [5, 5.41) is 11.8. The zero-order valence-corrected chi connectivity index (χ0v) is 15.8. The van der Waals surface area contributed by atoms with Gasteiger partial charge >= 0.3 is 12.1 Å². The van der Waals surface area contributed by atoms with Crippen molar-refractivity contribution in [3.8, 4) is 0 Å². The number of nitrogens with one attached hydrogen (secondary N) is 1. The minimum absolute atomic E-state index is 0.0599. The largest absolute Gasteiger partial charge is 0.479 e. The van der Waals surface area contributed by atoms with E-state index in [0.29, 0.717) is 13.1 Å². The first-order valence-corrected chi connectivity index (χ1v) is 9.25. The molecule has 0 aliphatic carbocycles. The number of alkyl carbamates (subject to hydrolysis) is 1. The summed E-state index contributed by atoms with van der Waals surface area (Å²) in [6, 6.07) is -0.691. The van der Waals surface area contributed by atoms with E-state index in [4.69, 9.17) is 4.74 Å². The Kier molecular flexibility index (Phi) is 8.72. The molecule has 0 bridgehead atoms. The number of carboxylic acids is 1. The number of aliphatic carboxylic acids is 1. The van der Waals surface area contributed by atoms with E-state index in [1.54, 1.807) is 4.90 Å². The zero-order valence-electron chi connectivity index (χ0n) is 15.8. The van der Waals surface area contributed by atoms with Crippen molar-refractivity contribution in [3.63, 3.8) is 0 Å². The van der Waals surface area contributed by atoms with Crippen LogP contribution in [0.4, 0.5) is 4.79 Å². The second-order valence-electron chi connectivity index (χ2n) is 7.26. The average Bonchev–Trinajstić information content (AvgIpc) is 2.58. The van der Waals surface area contributed by atoms with Crippen LogP contribution in [0.3, 0.4) is 0 Å². The van der Waals surface area contributed by atoms with Crippen LogP contribution in [0.25, 0.3) is 0 Å². The summed E-state index contributed by atoms with van der Waals surface area (Å²) in [6.07, 6.45) is 1.96. The summed E-state index contributed by atoms with van der Waals surface area (Å²) in [6.45, 7) is 8.97. The van der Waals surface area contributed by atoms with Crippen LogP contribution in [0.2, 0.25) is 0 Å². The SMILES string of the molecule is CC[C@H](C)[C@H](NC(=O)O[C@@H](CC(C)C)C(=O)O)C(=O)N1CCCCC1. The van der Waals surface area contributed by atoms with Crippen molar-refractivity contribution in [1.29, 1.82) is 0 Å². The van der Waals surface area contributed by atoms with Crippen LogP contribution >= 0.6 is 0 Å². The van der Waals surface area contributed by atoms with Crippen LogP contribution in [-0.2, 0) is 14.3 Å². The second kappa shape index (κ2) is 10.3. The molecule has 1 fully saturated rings. The number of hydrogen-bond donors (Lipinski definition) is 2. The minimum atomic E-state index is -1.21. The van der Waals surface area contributed by atoms with Gasteiger partial charge in [0.05, 0.1) is 0 Å². The molecule has 0 unspecified atom stereocenters. The molecule has 0 aromatic rings. The number of piperidine rings is 1. The molecule has 3 atom stereocenters. The molecule has 7 heteroatoms. The third-order valence-electron chi connectivity index (χ3n) is 4.63. The predicted molar refractivity (Wildman–Crippen MR) is 94.2 cm³/mol. The van der Waals surface area contributed by atoms with Crippen molar-refractivity contribution < 1.29 is 24.2 Å². The van der Waals surface area contributed by atoms with E-state index in [0.717, 1.165) is 25.7 Å². The maximum absolute atomic E-state index is 12.8. The number of carbonyl (C=O) groups is 3. The Balaban J connectivity index is 2.74. The standard InChI is InChI=1S/C18H32N2O5/c1-5-13(4)15(16(21)20-9-7-6-8-10-20)19-18(24)25-14(17(22)23)11-12(2)3/h12-15H,5-11H2,1-4H3,(H,19,24)(H,22,23)/t13-,14-,15-/m0/s1. The fourth-order valence-corrected chi connectivity index (χ4v) is 2.91. The van der Waals surface area contributed by atoms with Gasteiger partial charge in [0, 0.05) is 13.1 Å². The molecule has 1 aliphatic heterocycles. The Bertz CT molecular complexity index is 460. The summed E-state index contributed by atoms with van der Waals surface area (Å²) in [5.74, 6) is -1.27. The van der Waals surface area contributed by atoms with Crippen LogP contribution in [0.15, 0.2) is 0 Å². The molecule has 0 aromatic carbocycles. The summed E-state index contributed by atoms with van der Waals surface area (Å²) in [5.41, 5.74) is 0. The molecule has 1 heterocycles. The van der Waals surface area contributed by atoms with Gasteiger partial charge in [-0.3, -0.25) is 4.79 Å². The minimum Gasteiger partial charge on any atom is -0.479 e. The van der Waals surface area contributed by atoms with Gasteiger partial charge in [0.25, 0.3) is 0 Å². The summed E-state index contributed by atoms with van der Waals surface area (Å²) in [7, 11) is 0. The quantitative estimate of drug-likeness (QED) is 0.697. The van der Waals surface area contributed by atoms with Gasteiger partial charge < -0.3 is 20.1 Å². The van der Waals surface area contributed by atoms with E-state index < -0.39 is 24.2 Å². The molecule has 0 spiro atoms. The van der Waals surface area contributed by atoms with Crippen LogP contribution < -0.4 is 5.32 Å². The van der Waals surface area contributed by atoms with Crippen LogP contribution in [0, 0.1) is 11.8 Å². The molecule has 0 radical (unpaired) electrons. The smallest absolute Gasteiger partial charge is 0.408 e. The number of hydrogen-bond acceptors (Lipinski definition) is 4. The van der Waals surface area contributed by atoms with Crippen molar-refractivity contribution in [1.82, 2.24) is 10.2 Å². The van der Waals surface area contributed by atoms with Gasteiger partial charge in [0.2, 0.25) is 12.0 Å². The Labute approximate surface area is 150 Å². The van der Waals surface area contributed by atoms with Crippen molar-refractivity contribution in [2.45, 2.75) is 71.9 Å². The zero-order chi connectivity index (χ0) is 19.0. The summed E-state index contributed by atoms with van der Waals surface area (Å²) >= 11 is 0. The van der Waals surface area contributed by atoms with E-state index in [2.05, 4.69) is 5.32 Å². The molecular weight excluding hydrogens is 324 g/mol. The van der Waals surface area contributed by atoms with Crippen LogP contribution in [0.1, 0.15) is 59.8 Å². The number of ether oxygens (including phenoxy) is 1. The fourth-order valence-electron chi connectivity index (χ4n) is 2.91. The first-order chi connectivity index (χ1) is 11.8. The lowest BCUT2D eigenvalue weighted by molar-refractivity contribution is -0.147. The summed E-state index contributed by atoms with van der Waals surface area (Å²) in [4.78, 5) is 38.0. The first-order valence-electron chi connectivity index (χ1n) is 9.25. The molecule has 1 saturated heterocycles. The number of nitrogens with zero attached hydrogens (tertiary/aromatic N) is 1. The molecule has 7 nitrogen and oxygen atoms in total. The topological polar surface area (TPSA) is 95.9 Å². The normalized spacial score (nSPS) is 18.4. The molecule has 25 heavy (non-hydrogen) atoms. The predicted octanol–water partition coefficient (Wildman–Crippen LogP) is 2.64. The highest BCUT2D eigenvalue weighted by Gasteiger charge is 2.32. The van der Waals surface area contributed by atoms with Gasteiger partial charge in [0.15, 0.2) is 0 Å². The van der Waals surface area contributed by atoms with Gasteiger partial charge in [-0.2, -0.15) is 0 Å². The Morgan fingerprint density at radius 1 is 1.12 bits per heavy atom. The van der Waals surface area contributed by atoms with Crippen LogP contribution in [0.5, 0.6) is 0 Å². The second-order valence-corrected chi connectivity index (χ2v) is 7.26. The van der Waals surface area contributed by atoms with Gasteiger partial charge in [-0.1, -0.05) is 34.1 Å². The Morgan fingerprint density at radius 2 is 1.72 bits per heavy atom. The molecule has 144 valence electrons. The van der Waals surface area contributed by atoms with E-state index >= 15 is 0 Å². The number of likely N-dealkylation sites (tertiary alicyclic amines) is 1. The maximum Gasteiger partial charge on any atom is 0.408 e. The summed E-state index contributed by atoms with van der Waals surface area (Å²) < 4.78 is 5.07. The molecular formula is C18H32N2O5. The van der Waals surface area contributed by atoms with Crippen molar-refractivity contribution in [2.24, 2.45) is 11.8 Å². The fraction of sp³-hybridized carbons (Fsp3) is 0.833. The van der Waals surface area contributed by atoms with E-state index in [1.165, 1.54) is 0 Å². The van der Waals surface area contributed by atoms with Crippen molar-refractivity contribution in [2.75, 3.05) is 13.1 Å². The highest BCUT2D eigenvalue weighted by Crippen LogP contribution is 2.16. The van der Waals surface area contributed by atoms with Gasteiger partial charge in [-0.15, -0.1) is 0 Å². The average molecular weight is 356 g/mol. The molecule has 0 saturated carbocycles. The van der Waals surface area contributed by atoms with Crippen LogP contribution in [-0.4, -0.2) is 53.2 Å². The lowest BCUT2D eigenvalue weighted by atomic mass is 9.97. The molecule has 1 rings (SSSR count). The first kappa shape index (κ1) is 21.3. The monoisotopic (exact) mass is 356 g/mol. The number of amides is 2. The number of carbonyl (C=O) groups excluding carboxylic acids is 2. The molecule has 1 aliphatic rings. The van der Waals surface area contributed by atoms with E-state index in [1.807, 2.05) is 27.7 Å². The van der Waals surface area contributed by atoms with Crippen molar-refractivity contribution in [3.05, 3.63) is 0 Å². The molecule has 2 amide bonds. The third-order valence-corrected chi connectivity index (χ3v) is 4.63. The Morgan fingerprint density at radius 3 is 2.20 bits per heavy atom. The highest BCUT2D eigenvalue weighted by atomic mass is 16.6. The van der Waals surface area contributed by atoms with E-state index in [9.17, 15) is 19.5 Å². The third kappa shape index (κ3) is 6.92. The number of rotatable bonds is 8. The van der Waals surface area contributed by atoms with E-state index in [-0.39, 0.29) is 24.2 Å². The van der Waals surface area contributed by atoms with Gasteiger partial charge in [-0.05, 0) is 37.5 Å². The molecule has 2 N–H and O–H groups in total.